The third-order valence-corrected chi connectivity index (χ3v) is 6.01. The van der Waals surface area contributed by atoms with E-state index in [1.165, 1.54) is 38.7 Å². The van der Waals surface area contributed by atoms with E-state index in [2.05, 4.69) is 10.3 Å². The molecule has 0 bridgehead atoms. The van der Waals surface area contributed by atoms with Crippen LogP contribution in [0.5, 0.6) is 11.5 Å². The van der Waals surface area contributed by atoms with Crippen molar-refractivity contribution in [1.29, 1.82) is 0 Å². The normalized spacial score (nSPS) is 10.9. The molecule has 0 unspecified atom stereocenters. The number of hydrogen-bond acceptors (Lipinski definition) is 6. The van der Waals surface area contributed by atoms with Crippen molar-refractivity contribution in [3.8, 4) is 11.5 Å². The van der Waals surface area contributed by atoms with Crippen LogP contribution in [0.25, 0.3) is 0 Å². The molecule has 30 heavy (non-hydrogen) atoms. The molecule has 0 aliphatic heterocycles. The molecule has 1 heterocycles. The Bertz CT molecular complexity index is 1100. The Morgan fingerprint density at radius 3 is 2.37 bits per heavy atom. The van der Waals surface area contributed by atoms with Gasteiger partial charge in [-0.2, -0.15) is 0 Å². The third-order valence-electron chi connectivity index (χ3n) is 4.25. The molecular weight excluding hydrogens is 406 g/mol. The Morgan fingerprint density at radius 1 is 1.00 bits per heavy atom. The van der Waals surface area contributed by atoms with Gasteiger partial charge in [-0.1, -0.05) is 12.1 Å². The van der Waals surface area contributed by atoms with Crippen LogP contribution in [0.15, 0.2) is 78.0 Å². The van der Waals surface area contributed by atoms with Crippen molar-refractivity contribution in [1.82, 2.24) is 4.98 Å². The molecule has 0 atom stereocenters. The number of para-hydroxylation sites is 2. The van der Waals surface area contributed by atoms with Gasteiger partial charge in [0.2, 0.25) is 5.91 Å². The van der Waals surface area contributed by atoms with Crippen molar-refractivity contribution < 1.29 is 22.7 Å². The Morgan fingerprint density at radius 2 is 1.73 bits per heavy atom. The molecule has 3 rings (SSSR count). The van der Waals surface area contributed by atoms with E-state index in [1.807, 2.05) is 0 Å². The quantitative estimate of drug-likeness (QED) is 0.594. The van der Waals surface area contributed by atoms with Crippen LogP contribution in [-0.4, -0.2) is 40.1 Å². The van der Waals surface area contributed by atoms with E-state index in [9.17, 15) is 13.2 Å². The van der Waals surface area contributed by atoms with E-state index in [1.54, 1.807) is 48.5 Å². The number of ether oxygens (including phenoxy) is 2. The lowest BCUT2D eigenvalue weighted by Crippen LogP contribution is -2.38. The van der Waals surface area contributed by atoms with Crippen molar-refractivity contribution in [2.75, 3.05) is 30.4 Å². The number of amides is 1. The predicted molar refractivity (Wildman–Crippen MR) is 113 cm³/mol. The molecule has 156 valence electrons. The van der Waals surface area contributed by atoms with E-state index in [4.69, 9.17) is 9.47 Å². The fourth-order valence-electron chi connectivity index (χ4n) is 2.76. The van der Waals surface area contributed by atoms with Crippen LogP contribution in [0.1, 0.15) is 0 Å². The number of anilines is 2. The maximum atomic E-state index is 13.2. The number of nitrogens with one attached hydrogen (secondary N) is 1. The lowest BCUT2D eigenvalue weighted by atomic mass is 10.3. The average molecular weight is 427 g/mol. The summed E-state index contributed by atoms with van der Waals surface area (Å²) >= 11 is 0. The lowest BCUT2D eigenvalue weighted by molar-refractivity contribution is -0.114. The van der Waals surface area contributed by atoms with Crippen molar-refractivity contribution in [2.24, 2.45) is 0 Å². The summed E-state index contributed by atoms with van der Waals surface area (Å²) in [6, 6.07) is 16.2. The zero-order chi connectivity index (χ0) is 21.6. The number of carbonyl (C=O) groups is 1. The minimum atomic E-state index is -4.04. The molecule has 3 aromatic rings. The molecule has 0 aliphatic rings. The molecule has 2 aromatic carbocycles. The first-order valence-corrected chi connectivity index (χ1v) is 10.4. The summed E-state index contributed by atoms with van der Waals surface area (Å²) in [6.07, 6.45) is 2.72. The lowest BCUT2D eigenvalue weighted by Gasteiger charge is -2.24. The molecule has 1 N–H and O–H groups in total. The molecule has 1 amide bonds. The van der Waals surface area contributed by atoms with Crippen LogP contribution >= 0.6 is 0 Å². The van der Waals surface area contributed by atoms with Crippen molar-refractivity contribution in [3.63, 3.8) is 0 Å². The van der Waals surface area contributed by atoms with Gasteiger partial charge in [0, 0.05) is 12.4 Å². The molecule has 1 aromatic heterocycles. The number of carbonyl (C=O) groups excluding carboxylic acids is 1. The fraction of sp³-hybridized carbons (Fsp3) is 0.143. The monoisotopic (exact) mass is 427 g/mol. The Kier molecular flexibility index (Phi) is 6.53. The van der Waals surface area contributed by atoms with Crippen LogP contribution < -0.4 is 19.1 Å². The number of benzene rings is 2. The van der Waals surface area contributed by atoms with E-state index >= 15 is 0 Å². The summed E-state index contributed by atoms with van der Waals surface area (Å²) < 4.78 is 37.9. The van der Waals surface area contributed by atoms with Crippen molar-refractivity contribution in [3.05, 3.63) is 73.1 Å². The molecule has 0 spiro atoms. The molecular formula is C21H21N3O5S. The van der Waals surface area contributed by atoms with Gasteiger partial charge in [0.05, 0.1) is 25.6 Å². The van der Waals surface area contributed by atoms with Gasteiger partial charge in [-0.05, 0) is 48.5 Å². The zero-order valence-electron chi connectivity index (χ0n) is 16.5. The van der Waals surface area contributed by atoms with Gasteiger partial charge in [0.25, 0.3) is 10.0 Å². The Labute approximate surface area is 175 Å². The first-order valence-electron chi connectivity index (χ1n) is 8.95. The molecule has 0 saturated carbocycles. The summed E-state index contributed by atoms with van der Waals surface area (Å²) in [5.74, 6) is 0.510. The molecule has 0 radical (unpaired) electrons. The smallest absolute Gasteiger partial charge is 0.266 e. The Balaban J connectivity index is 1.94. The zero-order valence-corrected chi connectivity index (χ0v) is 17.3. The van der Waals surface area contributed by atoms with E-state index < -0.39 is 22.5 Å². The van der Waals surface area contributed by atoms with Gasteiger partial charge < -0.3 is 14.8 Å². The second kappa shape index (κ2) is 9.27. The van der Waals surface area contributed by atoms with E-state index in [0.29, 0.717) is 22.9 Å². The first-order chi connectivity index (χ1) is 14.5. The summed E-state index contributed by atoms with van der Waals surface area (Å²) in [6.45, 7) is -0.443. The van der Waals surface area contributed by atoms with Gasteiger partial charge in [-0.25, -0.2) is 8.42 Å². The number of nitrogens with zero attached hydrogens (tertiary/aromatic N) is 2. The van der Waals surface area contributed by atoms with Crippen LogP contribution in [-0.2, 0) is 14.8 Å². The molecule has 9 heteroatoms. The van der Waals surface area contributed by atoms with Gasteiger partial charge in [-0.3, -0.25) is 14.1 Å². The number of methoxy groups -OCH3 is 2. The molecule has 8 nitrogen and oxygen atoms in total. The highest BCUT2D eigenvalue weighted by Crippen LogP contribution is 2.27. The highest BCUT2D eigenvalue weighted by atomic mass is 32.2. The van der Waals surface area contributed by atoms with Gasteiger partial charge in [-0.15, -0.1) is 0 Å². The summed E-state index contributed by atoms with van der Waals surface area (Å²) in [5, 5.41) is 2.70. The third kappa shape index (κ3) is 4.69. The summed E-state index contributed by atoms with van der Waals surface area (Å²) in [5.41, 5.74) is 0.758. The number of rotatable bonds is 8. The standard InChI is InChI=1S/C21H21N3O5S/c1-28-17-11-9-16(10-12-17)24(30(26,27)18-6-5-13-22-14-18)15-21(25)23-19-7-3-4-8-20(19)29-2/h3-14H,15H2,1-2H3,(H,23,25). The van der Waals surface area contributed by atoms with Crippen molar-refractivity contribution in [2.45, 2.75) is 4.90 Å². The second-order valence-corrected chi connectivity index (χ2v) is 8.01. The minimum Gasteiger partial charge on any atom is -0.497 e. The fourth-order valence-corrected chi connectivity index (χ4v) is 4.14. The van der Waals surface area contributed by atoms with E-state index in [0.717, 1.165) is 4.31 Å². The van der Waals surface area contributed by atoms with Crippen LogP contribution in [0, 0.1) is 0 Å². The van der Waals surface area contributed by atoms with Crippen molar-refractivity contribution >= 4 is 27.3 Å². The average Bonchev–Trinajstić information content (AvgIpc) is 2.78. The molecule has 0 saturated heterocycles. The number of pyridine rings is 1. The largest absolute Gasteiger partial charge is 0.497 e. The number of aromatic nitrogens is 1. The van der Waals surface area contributed by atoms with Crippen LogP contribution in [0.3, 0.4) is 0 Å². The van der Waals surface area contributed by atoms with Crippen LogP contribution in [0.4, 0.5) is 11.4 Å². The highest BCUT2D eigenvalue weighted by molar-refractivity contribution is 7.92. The number of sulfonamides is 1. The van der Waals surface area contributed by atoms with Gasteiger partial charge in [0.15, 0.2) is 0 Å². The van der Waals surface area contributed by atoms with Gasteiger partial charge >= 0.3 is 0 Å². The number of hydrogen-bond donors (Lipinski definition) is 1. The minimum absolute atomic E-state index is 0.0223. The molecule has 0 aliphatic carbocycles. The van der Waals surface area contributed by atoms with E-state index in [-0.39, 0.29) is 4.90 Å². The van der Waals surface area contributed by atoms with Crippen LogP contribution in [0.2, 0.25) is 0 Å². The summed E-state index contributed by atoms with van der Waals surface area (Å²) in [7, 11) is -1.04. The summed E-state index contributed by atoms with van der Waals surface area (Å²) in [4.78, 5) is 16.6. The predicted octanol–water partition coefficient (Wildman–Crippen LogP) is 2.93. The maximum Gasteiger partial charge on any atom is 0.266 e. The maximum absolute atomic E-state index is 13.2. The second-order valence-electron chi connectivity index (χ2n) is 6.15. The highest BCUT2D eigenvalue weighted by Gasteiger charge is 2.27. The first kappa shape index (κ1) is 21.1. The Hall–Kier alpha value is -3.59. The SMILES string of the molecule is COc1ccc(N(CC(=O)Nc2ccccc2OC)S(=O)(=O)c2cccnc2)cc1. The topological polar surface area (TPSA) is 97.8 Å². The van der Waals surface area contributed by atoms with Gasteiger partial charge in [0.1, 0.15) is 22.9 Å². The molecule has 0 fully saturated rings.